The first-order chi connectivity index (χ1) is 6.68. The summed E-state index contributed by atoms with van der Waals surface area (Å²) in [7, 11) is 0. The third kappa shape index (κ3) is 4.23. The maximum atomic E-state index is 12.5. The summed E-state index contributed by atoms with van der Waals surface area (Å²) in [6.07, 6.45) is 1.24. The molecule has 1 unspecified atom stereocenters. The van der Waals surface area contributed by atoms with Crippen molar-refractivity contribution in [3.05, 3.63) is 30.1 Å². The lowest BCUT2D eigenvalue weighted by molar-refractivity contribution is 0.170. The lowest BCUT2D eigenvalue weighted by atomic mass is 10.2. The van der Waals surface area contributed by atoms with Gasteiger partial charge in [-0.15, -0.1) is 0 Å². The standard InChI is InChI=1S/C11H15FO2/c1-9(13)3-2-8-14-11-6-4-10(12)5-7-11/h4-7,9,13H,2-3,8H2,1H3. The van der Waals surface area contributed by atoms with Gasteiger partial charge in [0.25, 0.3) is 0 Å². The van der Waals surface area contributed by atoms with Gasteiger partial charge in [0.1, 0.15) is 11.6 Å². The highest BCUT2D eigenvalue weighted by Crippen LogP contribution is 2.11. The molecule has 0 saturated heterocycles. The molecule has 0 aliphatic carbocycles. The average molecular weight is 198 g/mol. The molecular weight excluding hydrogens is 183 g/mol. The summed E-state index contributed by atoms with van der Waals surface area (Å²) in [5.74, 6) is 0.401. The fourth-order valence-corrected chi connectivity index (χ4v) is 1.10. The second kappa shape index (κ2) is 5.60. The molecule has 0 aliphatic heterocycles. The summed E-state index contributed by atoms with van der Waals surface area (Å²) in [5, 5.41) is 8.98. The first-order valence-electron chi connectivity index (χ1n) is 4.75. The molecule has 78 valence electrons. The van der Waals surface area contributed by atoms with Crippen LogP contribution in [0.4, 0.5) is 4.39 Å². The molecule has 1 N–H and O–H groups in total. The van der Waals surface area contributed by atoms with E-state index in [4.69, 9.17) is 9.84 Å². The minimum absolute atomic E-state index is 0.263. The maximum absolute atomic E-state index is 12.5. The summed E-state index contributed by atoms with van der Waals surface area (Å²) in [5.41, 5.74) is 0. The number of hydrogen-bond acceptors (Lipinski definition) is 2. The molecule has 3 heteroatoms. The van der Waals surface area contributed by atoms with E-state index in [1.165, 1.54) is 12.1 Å². The molecule has 0 radical (unpaired) electrons. The molecule has 14 heavy (non-hydrogen) atoms. The molecule has 1 aromatic rings. The topological polar surface area (TPSA) is 29.5 Å². The van der Waals surface area contributed by atoms with Crippen molar-refractivity contribution in [3.63, 3.8) is 0 Å². The third-order valence-corrected chi connectivity index (χ3v) is 1.85. The zero-order valence-corrected chi connectivity index (χ0v) is 8.24. The lowest BCUT2D eigenvalue weighted by Gasteiger charge is -2.06. The third-order valence-electron chi connectivity index (χ3n) is 1.85. The Morgan fingerprint density at radius 3 is 2.57 bits per heavy atom. The van der Waals surface area contributed by atoms with Crippen molar-refractivity contribution < 1.29 is 14.2 Å². The van der Waals surface area contributed by atoms with Gasteiger partial charge < -0.3 is 9.84 Å². The lowest BCUT2D eigenvalue weighted by Crippen LogP contribution is -2.04. The monoisotopic (exact) mass is 198 g/mol. The normalized spacial score (nSPS) is 12.5. The minimum atomic E-state index is -0.285. The molecule has 0 heterocycles. The molecule has 1 aromatic carbocycles. The minimum Gasteiger partial charge on any atom is -0.494 e. The van der Waals surface area contributed by atoms with Crippen molar-refractivity contribution in [1.29, 1.82) is 0 Å². The molecule has 2 nitrogen and oxygen atoms in total. The Hall–Kier alpha value is -1.09. The van der Waals surface area contributed by atoms with E-state index in [0.29, 0.717) is 12.4 Å². The van der Waals surface area contributed by atoms with Crippen LogP contribution in [0.25, 0.3) is 0 Å². The molecule has 0 aliphatic rings. The van der Waals surface area contributed by atoms with Crippen molar-refractivity contribution in [3.8, 4) is 5.75 Å². The zero-order valence-electron chi connectivity index (χ0n) is 8.24. The number of halogens is 1. The smallest absolute Gasteiger partial charge is 0.123 e. The summed E-state index contributed by atoms with van der Waals surface area (Å²) in [4.78, 5) is 0. The fourth-order valence-electron chi connectivity index (χ4n) is 1.10. The Labute approximate surface area is 83.3 Å². The molecular formula is C11H15FO2. The van der Waals surface area contributed by atoms with Gasteiger partial charge in [0, 0.05) is 0 Å². The first-order valence-corrected chi connectivity index (χ1v) is 4.75. The van der Waals surface area contributed by atoms with Crippen LogP contribution in [0, 0.1) is 5.82 Å². The molecule has 0 aromatic heterocycles. The number of rotatable bonds is 5. The molecule has 1 atom stereocenters. The van der Waals surface area contributed by atoms with Gasteiger partial charge in [-0.3, -0.25) is 0 Å². The van der Waals surface area contributed by atoms with Crippen LogP contribution in [0.2, 0.25) is 0 Å². The van der Waals surface area contributed by atoms with E-state index in [1.54, 1.807) is 19.1 Å². The number of ether oxygens (including phenoxy) is 1. The van der Waals surface area contributed by atoms with Crippen molar-refractivity contribution in [1.82, 2.24) is 0 Å². The van der Waals surface area contributed by atoms with Crippen LogP contribution in [-0.2, 0) is 0 Å². The van der Waals surface area contributed by atoms with E-state index in [1.807, 2.05) is 0 Å². The zero-order chi connectivity index (χ0) is 10.4. The summed E-state index contributed by atoms with van der Waals surface area (Å²) in [6.45, 7) is 2.30. The van der Waals surface area contributed by atoms with E-state index >= 15 is 0 Å². The highest BCUT2D eigenvalue weighted by molar-refractivity contribution is 5.21. The van der Waals surface area contributed by atoms with E-state index in [-0.39, 0.29) is 11.9 Å². The summed E-state index contributed by atoms with van der Waals surface area (Å²) >= 11 is 0. The summed E-state index contributed by atoms with van der Waals surface area (Å²) in [6, 6.07) is 5.92. The van der Waals surface area contributed by atoms with E-state index in [9.17, 15) is 4.39 Å². The van der Waals surface area contributed by atoms with Crippen LogP contribution in [0.5, 0.6) is 5.75 Å². The van der Waals surface area contributed by atoms with Crippen LogP contribution in [0.15, 0.2) is 24.3 Å². The van der Waals surface area contributed by atoms with Gasteiger partial charge >= 0.3 is 0 Å². The number of aliphatic hydroxyl groups excluding tert-OH is 1. The quantitative estimate of drug-likeness (QED) is 0.736. The van der Waals surface area contributed by atoms with Crippen LogP contribution < -0.4 is 4.74 Å². The highest BCUT2D eigenvalue weighted by atomic mass is 19.1. The maximum Gasteiger partial charge on any atom is 0.123 e. The van der Waals surface area contributed by atoms with Crippen LogP contribution >= 0.6 is 0 Å². The predicted octanol–water partition coefficient (Wildman–Crippen LogP) is 2.37. The van der Waals surface area contributed by atoms with Gasteiger partial charge in [-0.05, 0) is 44.0 Å². The van der Waals surface area contributed by atoms with Gasteiger partial charge in [0.2, 0.25) is 0 Å². The second-order valence-corrected chi connectivity index (χ2v) is 3.29. The van der Waals surface area contributed by atoms with Gasteiger partial charge in [-0.1, -0.05) is 0 Å². The number of aliphatic hydroxyl groups is 1. The molecule has 0 saturated carbocycles. The molecule has 0 spiro atoms. The van der Waals surface area contributed by atoms with Crippen molar-refractivity contribution in [2.75, 3.05) is 6.61 Å². The Morgan fingerprint density at radius 1 is 1.36 bits per heavy atom. The largest absolute Gasteiger partial charge is 0.494 e. The Bertz CT molecular complexity index is 256. The molecule has 0 fully saturated rings. The van der Waals surface area contributed by atoms with Crippen LogP contribution in [-0.4, -0.2) is 17.8 Å². The fraction of sp³-hybridized carbons (Fsp3) is 0.455. The van der Waals surface area contributed by atoms with Gasteiger partial charge in [0.15, 0.2) is 0 Å². The van der Waals surface area contributed by atoms with Crippen molar-refractivity contribution >= 4 is 0 Å². The van der Waals surface area contributed by atoms with Gasteiger partial charge in [-0.25, -0.2) is 4.39 Å². The number of benzene rings is 1. The van der Waals surface area contributed by atoms with Gasteiger partial charge in [0.05, 0.1) is 12.7 Å². The SMILES string of the molecule is CC(O)CCCOc1ccc(F)cc1. The highest BCUT2D eigenvalue weighted by Gasteiger charge is 1.97. The molecule has 0 bridgehead atoms. The van der Waals surface area contributed by atoms with Crippen molar-refractivity contribution in [2.24, 2.45) is 0 Å². The predicted molar refractivity (Wildman–Crippen MR) is 52.8 cm³/mol. The van der Waals surface area contributed by atoms with E-state index in [2.05, 4.69) is 0 Å². The molecule has 1 rings (SSSR count). The Balaban J connectivity index is 2.21. The number of hydrogen-bond donors (Lipinski definition) is 1. The van der Waals surface area contributed by atoms with E-state index < -0.39 is 0 Å². The average Bonchev–Trinajstić information content (AvgIpc) is 2.15. The van der Waals surface area contributed by atoms with Crippen molar-refractivity contribution in [2.45, 2.75) is 25.9 Å². The molecule has 0 amide bonds. The second-order valence-electron chi connectivity index (χ2n) is 3.29. The Morgan fingerprint density at radius 2 is 2.00 bits per heavy atom. The first kappa shape index (κ1) is 11.0. The summed E-state index contributed by atoms with van der Waals surface area (Å²) < 4.78 is 17.8. The Kier molecular flexibility index (Phi) is 4.40. The van der Waals surface area contributed by atoms with Crippen LogP contribution in [0.1, 0.15) is 19.8 Å². The van der Waals surface area contributed by atoms with Crippen LogP contribution in [0.3, 0.4) is 0 Å². The van der Waals surface area contributed by atoms with Gasteiger partial charge in [-0.2, -0.15) is 0 Å². The van der Waals surface area contributed by atoms with E-state index in [0.717, 1.165) is 12.8 Å².